The first kappa shape index (κ1) is 14.8. The van der Waals surface area contributed by atoms with Crippen LogP contribution in [0.5, 0.6) is 11.5 Å². The van der Waals surface area contributed by atoms with Crippen LogP contribution in [0.3, 0.4) is 0 Å². The molecule has 0 aliphatic rings. The van der Waals surface area contributed by atoms with Crippen LogP contribution in [0.2, 0.25) is 0 Å². The minimum absolute atomic E-state index is 0.244. The number of aromatic hydroxyl groups is 2. The molecular formula is C19H16N2O2S. The van der Waals surface area contributed by atoms with Crippen LogP contribution in [-0.2, 0) is 13.0 Å². The van der Waals surface area contributed by atoms with Crippen molar-refractivity contribution in [1.29, 1.82) is 0 Å². The molecule has 5 heteroatoms. The number of aromatic nitrogens is 2. The summed E-state index contributed by atoms with van der Waals surface area (Å²) in [4.78, 5) is 5.80. The van der Waals surface area contributed by atoms with E-state index in [1.165, 1.54) is 0 Å². The molecular weight excluding hydrogens is 320 g/mol. The molecule has 4 nitrogen and oxygen atoms in total. The molecule has 0 amide bonds. The number of phenols is 2. The molecule has 120 valence electrons. The standard InChI is InChI=1S/C19H16N2O2S/c22-14-8-6-13(7-9-14)10-11-21-18-15(3-1-4-16(18)23)20-19(21)17-5-2-12-24-17/h1-9,12,22-23H,10-11H2. The molecule has 0 aliphatic carbocycles. The largest absolute Gasteiger partial charge is 0.508 e. The average molecular weight is 336 g/mol. The molecule has 4 aromatic rings. The molecule has 2 heterocycles. The van der Waals surface area contributed by atoms with E-state index in [4.69, 9.17) is 4.98 Å². The van der Waals surface area contributed by atoms with Gasteiger partial charge >= 0.3 is 0 Å². The normalized spacial score (nSPS) is 11.2. The third-order valence-corrected chi connectivity index (χ3v) is 4.91. The van der Waals surface area contributed by atoms with Crippen LogP contribution in [0.25, 0.3) is 21.7 Å². The first-order valence-corrected chi connectivity index (χ1v) is 8.60. The summed E-state index contributed by atoms with van der Waals surface area (Å²) in [7, 11) is 0. The van der Waals surface area contributed by atoms with Crippen molar-refractivity contribution in [3.63, 3.8) is 0 Å². The molecule has 4 rings (SSSR count). The van der Waals surface area contributed by atoms with Crippen molar-refractivity contribution >= 4 is 22.4 Å². The molecule has 0 saturated heterocycles. The van der Waals surface area contributed by atoms with Gasteiger partial charge in [0.15, 0.2) is 5.82 Å². The van der Waals surface area contributed by atoms with Gasteiger partial charge in [-0.15, -0.1) is 11.3 Å². The smallest absolute Gasteiger partial charge is 0.151 e. The van der Waals surface area contributed by atoms with Gasteiger partial charge in [0, 0.05) is 6.54 Å². The van der Waals surface area contributed by atoms with Gasteiger partial charge in [0.25, 0.3) is 0 Å². The monoisotopic (exact) mass is 336 g/mol. The van der Waals surface area contributed by atoms with Crippen molar-refractivity contribution in [2.75, 3.05) is 0 Å². The molecule has 0 aliphatic heterocycles. The average Bonchev–Trinajstić information content (AvgIpc) is 3.22. The van der Waals surface area contributed by atoms with Gasteiger partial charge in [-0.2, -0.15) is 0 Å². The van der Waals surface area contributed by atoms with E-state index in [0.29, 0.717) is 6.54 Å². The van der Waals surface area contributed by atoms with Crippen LogP contribution in [0.4, 0.5) is 0 Å². The zero-order valence-corrected chi connectivity index (χ0v) is 13.7. The van der Waals surface area contributed by atoms with E-state index in [1.54, 1.807) is 29.5 Å². The Labute approximate surface area is 143 Å². The molecule has 2 aromatic heterocycles. The fraction of sp³-hybridized carbons (Fsp3) is 0.105. The van der Waals surface area contributed by atoms with Crippen LogP contribution < -0.4 is 0 Å². The molecule has 0 spiro atoms. The Hall–Kier alpha value is -2.79. The summed E-state index contributed by atoms with van der Waals surface area (Å²) < 4.78 is 2.07. The third kappa shape index (κ3) is 2.63. The summed E-state index contributed by atoms with van der Waals surface area (Å²) in [5.74, 6) is 1.39. The Kier molecular flexibility index (Phi) is 3.70. The van der Waals surface area contributed by atoms with Gasteiger partial charge in [0.2, 0.25) is 0 Å². The molecule has 0 unspecified atom stereocenters. The van der Waals surface area contributed by atoms with Crippen molar-refractivity contribution in [2.45, 2.75) is 13.0 Å². The lowest BCUT2D eigenvalue weighted by atomic mass is 10.1. The highest BCUT2D eigenvalue weighted by Crippen LogP contribution is 2.32. The highest BCUT2D eigenvalue weighted by atomic mass is 32.1. The molecule has 2 aromatic carbocycles. The predicted molar refractivity (Wildman–Crippen MR) is 96.5 cm³/mol. The number of aryl methyl sites for hydroxylation is 2. The van der Waals surface area contributed by atoms with Gasteiger partial charge in [0.1, 0.15) is 17.0 Å². The van der Waals surface area contributed by atoms with E-state index in [2.05, 4.69) is 4.57 Å². The maximum atomic E-state index is 10.3. The van der Waals surface area contributed by atoms with Gasteiger partial charge in [-0.25, -0.2) is 4.98 Å². The highest BCUT2D eigenvalue weighted by molar-refractivity contribution is 7.13. The second-order valence-electron chi connectivity index (χ2n) is 5.63. The number of thiophene rings is 1. The lowest BCUT2D eigenvalue weighted by molar-refractivity contribution is 0.475. The minimum Gasteiger partial charge on any atom is -0.508 e. The van der Waals surface area contributed by atoms with Crippen molar-refractivity contribution in [3.8, 4) is 22.2 Å². The van der Waals surface area contributed by atoms with Gasteiger partial charge in [-0.1, -0.05) is 24.3 Å². The lowest BCUT2D eigenvalue weighted by Gasteiger charge is -2.09. The maximum Gasteiger partial charge on any atom is 0.151 e. The predicted octanol–water partition coefficient (Wildman–Crippen LogP) is 4.42. The van der Waals surface area contributed by atoms with E-state index in [0.717, 1.165) is 33.7 Å². The Morgan fingerprint density at radius 1 is 0.958 bits per heavy atom. The van der Waals surface area contributed by atoms with Crippen molar-refractivity contribution in [1.82, 2.24) is 9.55 Å². The number of rotatable bonds is 4. The number of phenolic OH excluding ortho intramolecular Hbond substituents is 2. The number of hydrogen-bond acceptors (Lipinski definition) is 4. The summed E-state index contributed by atoms with van der Waals surface area (Å²) >= 11 is 1.64. The quantitative estimate of drug-likeness (QED) is 0.580. The number of imidazole rings is 1. The highest BCUT2D eigenvalue weighted by Gasteiger charge is 2.16. The Bertz CT molecular complexity index is 973. The fourth-order valence-electron chi connectivity index (χ4n) is 2.88. The maximum absolute atomic E-state index is 10.3. The summed E-state index contributed by atoms with van der Waals surface area (Å²) in [6.45, 7) is 0.700. The zero-order valence-electron chi connectivity index (χ0n) is 12.9. The van der Waals surface area contributed by atoms with Gasteiger partial charge < -0.3 is 14.8 Å². The van der Waals surface area contributed by atoms with Crippen LogP contribution >= 0.6 is 11.3 Å². The van der Waals surface area contributed by atoms with Crippen LogP contribution in [-0.4, -0.2) is 19.8 Å². The number of fused-ring (bicyclic) bond motifs is 1. The summed E-state index contributed by atoms with van der Waals surface area (Å²) in [6, 6.07) is 16.7. The first-order valence-electron chi connectivity index (χ1n) is 7.72. The first-order chi connectivity index (χ1) is 11.7. The molecule has 2 N–H and O–H groups in total. The second-order valence-corrected chi connectivity index (χ2v) is 6.57. The van der Waals surface area contributed by atoms with Crippen molar-refractivity contribution < 1.29 is 10.2 Å². The van der Waals surface area contributed by atoms with Crippen LogP contribution in [0.15, 0.2) is 60.0 Å². The summed E-state index contributed by atoms with van der Waals surface area (Å²) in [6.07, 6.45) is 0.790. The van der Waals surface area contributed by atoms with Gasteiger partial charge in [-0.3, -0.25) is 0 Å². The van der Waals surface area contributed by atoms with Gasteiger partial charge in [0.05, 0.1) is 10.4 Å². The second kappa shape index (κ2) is 6.02. The number of hydrogen-bond donors (Lipinski definition) is 2. The molecule has 0 radical (unpaired) electrons. The molecule has 24 heavy (non-hydrogen) atoms. The minimum atomic E-state index is 0.244. The summed E-state index contributed by atoms with van der Waals surface area (Å²) in [5, 5.41) is 21.7. The number of benzene rings is 2. The Morgan fingerprint density at radius 3 is 2.54 bits per heavy atom. The molecule has 0 atom stereocenters. The topological polar surface area (TPSA) is 58.3 Å². The number of para-hydroxylation sites is 1. The molecule has 0 bridgehead atoms. The molecule has 0 saturated carbocycles. The SMILES string of the molecule is Oc1ccc(CCn2c(-c3cccs3)nc3cccc(O)c32)cc1. The van der Waals surface area contributed by atoms with E-state index in [1.807, 2.05) is 41.8 Å². The van der Waals surface area contributed by atoms with Gasteiger partial charge in [-0.05, 0) is 47.7 Å². The van der Waals surface area contributed by atoms with Crippen LogP contribution in [0.1, 0.15) is 5.56 Å². The fourth-order valence-corrected chi connectivity index (χ4v) is 3.60. The van der Waals surface area contributed by atoms with Crippen LogP contribution in [0, 0.1) is 0 Å². The Morgan fingerprint density at radius 2 is 1.79 bits per heavy atom. The van der Waals surface area contributed by atoms with Crippen molar-refractivity contribution in [3.05, 3.63) is 65.5 Å². The third-order valence-electron chi connectivity index (χ3n) is 4.05. The van der Waals surface area contributed by atoms with E-state index in [9.17, 15) is 10.2 Å². The zero-order chi connectivity index (χ0) is 16.5. The van der Waals surface area contributed by atoms with E-state index < -0.39 is 0 Å². The Balaban J connectivity index is 1.77. The van der Waals surface area contributed by atoms with E-state index >= 15 is 0 Å². The summed E-state index contributed by atoms with van der Waals surface area (Å²) in [5.41, 5.74) is 2.69. The lowest BCUT2D eigenvalue weighted by Crippen LogP contribution is -2.03. The number of nitrogens with zero attached hydrogens (tertiary/aromatic N) is 2. The molecule has 0 fully saturated rings. The van der Waals surface area contributed by atoms with Crippen molar-refractivity contribution in [2.24, 2.45) is 0 Å². The van der Waals surface area contributed by atoms with E-state index in [-0.39, 0.29) is 11.5 Å².